The fraction of sp³-hybridized carbons (Fsp3) is 0.385. The van der Waals surface area contributed by atoms with Crippen molar-refractivity contribution in [3.05, 3.63) is 29.8 Å². The van der Waals surface area contributed by atoms with Gasteiger partial charge < -0.3 is 9.84 Å². The summed E-state index contributed by atoms with van der Waals surface area (Å²) < 4.78 is 31.5. The van der Waals surface area contributed by atoms with Gasteiger partial charge in [0.2, 0.25) is 0 Å². The van der Waals surface area contributed by atoms with E-state index >= 15 is 0 Å². The first-order valence-corrected chi connectivity index (χ1v) is 8.00. The van der Waals surface area contributed by atoms with Gasteiger partial charge >= 0.3 is 5.97 Å². The monoisotopic (exact) mass is 310 g/mol. The van der Waals surface area contributed by atoms with Crippen molar-refractivity contribution in [2.75, 3.05) is 6.54 Å². The zero-order chi connectivity index (χ0) is 15.0. The Morgan fingerprint density at radius 3 is 2.86 bits per heavy atom. The molecule has 0 aromatic heterocycles. The van der Waals surface area contributed by atoms with Gasteiger partial charge in [-0.05, 0) is 25.0 Å². The van der Waals surface area contributed by atoms with Gasteiger partial charge in [-0.25, -0.2) is 13.2 Å². The number of carboxylic acid groups (broad SMARTS) is 1. The molecule has 0 saturated carbocycles. The number of rotatable bonds is 3. The highest BCUT2D eigenvalue weighted by Crippen LogP contribution is 2.24. The number of nitrogens with zero attached hydrogens (tertiary/aromatic N) is 1. The molecule has 2 aliphatic heterocycles. The van der Waals surface area contributed by atoms with E-state index in [1.54, 1.807) is 18.2 Å². The van der Waals surface area contributed by atoms with Crippen LogP contribution in [0.1, 0.15) is 18.4 Å². The maximum atomic E-state index is 11.9. The molecule has 21 heavy (non-hydrogen) atoms. The maximum absolute atomic E-state index is 11.9. The third kappa shape index (κ3) is 2.64. The number of fused-ring (bicyclic) bond motifs is 1. The first kappa shape index (κ1) is 14.0. The highest BCUT2D eigenvalue weighted by Gasteiger charge is 2.32. The fourth-order valence-corrected chi connectivity index (χ4v) is 3.72. The molecular formula is C13H14N2O5S. The van der Waals surface area contributed by atoms with Crippen LogP contribution in [0.25, 0.3) is 0 Å². The Bertz CT molecular complexity index is 713. The second-order valence-corrected chi connectivity index (χ2v) is 6.60. The highest BCUT2D eigenvalue weighted by molar-refractivity contribution is 7.90. The van der Waals surface area contributed by atoms with E-state index in [2.05, 4.69) is 9.71 Å². The SMILES string of the molecule is O=C(O)C1CCC(CN=C2NS(=O)(=O)c3ccccc32)O1. The molecule has 7 nitrogen and oxygen atoms in total. The van der Waals surface area contributed by atoms with Gasteiger partial charge in [0, 0.05) is 5.56 Å². The lowest BCUT2D eigenvalue weighted by Crippen LogP contribution is -2.25. The zero-order valence-corrected chi connectivity index (χ0v) is 11.8. The molecule has 1 saturated heterocycles. The molecule has 1 aromatic rings. The Kier molecular flexibility index (Phi) is 3.42. The number of sulfonamides is 1. The minimum Gasteiger partial charge on any atom is -0.479 e. The van der Waals surface area contributed by atoms with Gasteiger partial charge in [0.25, 0.3) is 10.0 Å². The Balaban J connectivity index is 1.76. The van der Waals surface area contributed by atoms with Gasteiger partial charge in [0.15, 0.2) is 6.10 Å². The molecule has 2 N–H and O–H groups in total. The van der Waals surface area contributed by atoms with Crippen LogP contribution in [0.5, 0.6) is 0 Å². The summed E-state index contributed by atoms with van der Waals surface area (Å²) in [7, 11) is -3.54. The van der Waals surface area contributed by atoms with E-state index in [9.17, 15) is 13.2 Å². The minimum atomic E-state index is -3.54. The Hall–Kier alpha value is -1.93. The van der Waals surface area contributed by atoms with Gasteiger partial charge in [0.1, 0.15) is 5.84 Å². The molecule has 1 aromatic carbocycles. The molecule has 1 fully saturated rings. The van der Waals surface area contributed by atoms with Crippen molar-refractivity contribution >= 4 is 21.8 Å². The predicted molar refractivity (Wildman–Crippen MR) is 73.7 cm³/mol. The number of carbonyl (C=O) groups is 1. The molecule has 0 spiro atoms. The van der Waals surface area contributed by atoms with Crippen LogP contribution >= 0.6 is 0 Å². The van der Waals surface area contributed by atoms with Crippen LogP contribution in [0.2, 0.25) is 0 Å². The number of hydrogen-bond acceptors (Lipinski definition) is 5. The Morgan fingerprint density at radius 2 is 2.14 bits per heavy atom. The van der Waals surface area contributed by atoms with Crippen molar-refractivity contribution in [3.63, 3.8) is 0 Å². The van der Waals surface area contributed by atoms with Crippen LogP contribution in [0.4, 0.5) is 0 Å². The third-order valence-corrected chi connectivity index (χ3v) is 4.90. The molecule has 2 unspecified atom stereocenters. The second-order valence-electron chi connectivity index (χ2n) is 4.95. The number of nitrogens with one attached hydrogen (secondary N) is 1. The summed E-state index contributed by atoms with van der Waals surface area (Å²) >= 11 is 0. The lowest BCUT2D eigenvalue weighted by atomic mass is 10.2. The van der Waals surface area contributed by atoms with E-state index in [1.165, 1.54) is 6.07 Å². The van der Waals surface area contributed by atoms with Gasteiger partial charge in [-0.1, -0.05) is 12.1 Å². The average molecular weight is 310 g/mol. The quantitative estimate of drug-likeness (QED) is 0.838. The Morgan fingerprint density at radius 1 is 1.38 bits per heavy atom. The predicted octanol–water partition coefficient (Wildman–Crippen LogP) is 0.357. The number of benzene rings is 1. The van der Waals surface area contributed by atoms with Gasteiger partial charge in [-0.15, -0.1) is 0 Å². The smallest absolute Gasteiger partial charge is 0.332 e. The average Bonchev–Trinajstić information content (AvgIpc) is 3.01. The van der Waals surface area contributed by atoms with Gasteiger partial charge in [-0.2, -0.15) is 0 Å². The summed E-state index contributed by atoms with van der Waals surface area (Å²) in [6.07, 6.45) is -0.0337. The molecular weight excluding hydrogens is 296 g/mol. The summed E-state index contributed by atoms with van der Waals surface area (Å²) in [6.45, 7) is 0.232. The molecule has 3 rings (SSSR count). The number of amidine groups is 1. The fourth-order valence-electron chi connectivity index (χ4n) is 2.47. The zero-order valence-electron chi connectivity index (χ0n) is 11.0. The van der Waals surface area contributed by atoms with E-state index in [0.29, 0.717) is 18.4 Å². The lowest BCUT2D eigenvalue weighted by molar-refractivity contribution is -0.149. The summed E-state index contributed by atoms with van der Waals surface area (Å²) in [5.41, 5.74) is 0.533. The van der Waals surface area contributed by atoms with Crippen molar-refractivity contribution in [2.24, 2.45) is 4.99 Å². The van der Waals surface area contributed by atoms with E-state index < -0.39 is 22.1 Å². The van der Waals surface area contributed by atoms with Crippen LogP contribution in [0.15, 0.2) is 34.2 Å². The lowest BCUT2D eigenvalue weighted by Gasteiger charge is -2.08. The number of aliphatic imine (C=N–C) groups is 1. The molecule has 0 radical (unpaired) electrons. The third-order valence-electron chi connectivity index (χ3n) is 3.50. The molecule has 0 bridgehead atoms. The molecule has 0 aliphatic carbocycles. The van der Waals surface area contributed by atoms with Crippen LogP contribution in [-0.2, 0) is 19.6 Å². The summed E-state index contributed by atoms with van der Waals surface area (Å²) in [6, 6.07) is 6.59. The van der Waals surface area contributed by atoms with Crippen molar-refractivity contribution < 1.29 is 23.1 Å². The molecule has 112 valence electrons. The number of carboxylic acids is 1. The van der Waals surface area contributed by atoms with E-state index in [-0.39, 0.29) is 23.4 Å². The van der Waals surface area contributed by atoms with Crippen molar-refractivity contribution in [1.82, 2.24) is 4.72 Å². The first-order valence-electron chi connectivity index (χ1n) is 6.52. The number of aliphatic carboxylic acids is 1. The summed E-state index contributed by atoms with van der Waals surface area (Å²) in [5, 5.41) is 8.86. The van der Waals surface area contributed by atoms with Crippen LogP contribution < -0.4 is 4.72 Å². The standard InChI is InChI=1S/C13H14N2O5S/c16-13(17)10-6-5-8(20-10)7-14-12-9-3-1-2-4-11(9)21(18,19)15-12/h1-4,8,10H,5-7H2,(H,14,15)(H,16,17). The van der Waals surface area contributed by atoms with Crippen LogP contribution in [0.3, 0.4) is 0 Å². The van der Waals surface area contributed by atoms with Crippen molar-refractivity contribution in [1.29, 1.82) is 0 Å². The summed E-state index contributed by atoms with van der Waals surface area (Å²) in [5.74, 6) is -0.690. The first-order chi connectivity index (χ1) is 9.97. The highest BCUT2D eigenvalue weighted by atomic mass is 32.2. The number of hydrogen-bond donors (Lipinski definition) is 2. The molecule has 2 heterocycles. The molecule has 2 aliphatic rings. The molecule has 8 heteroatoms. The van der Waals surface area contributed by atoms with Gasteiger partial charge in [-0.3, -0.25) is 9.71 Å². The van der Waals surface area contributed by atoms with E-state index in [4.69, 9.17) is 9.84 Å². The molecule has 0 amide bonds. The Labute approximate surface area is 121 Å². The van der Waals surface area contributed by atoms with Gasteiger partial charge in [0.05, 0.1) is 17.5 Å². The largest absolute Gasteiger partial charge is 0.479 e. The van der Waals surface area contributed by atoms with Crippen molar-refractivity contribution in [2.45, 2.75) is 29.9 Å². The maximum Gasteiger partial charge on any atom is 0.332 e. The van der Waals surface area contributed by atoms with Crippen molar-refractivity contribution in [3.8, 4) is 0 Å². The minimum absolute atomic E-state index is 0.208. The van der Waals surface area contributed by atoms with Crippen LogP contribution in [-0.4, -0.2) is 44.1 Å². The topological polar surface area (TPSA) is 105 Å². The van der Waals surface area contributed by atoms with E-state index in [0.717, 1.165) is 0 Å². The number of ether oxygens (including phenoxy) is 1. The normalized spacial score (nSPS) is 28.3. The molecule has 2 atom stereocenters. The second kappa shape index (κ2) is 5.12. The van der Waals surface area contributed by atoms with E-state index in [1.807, 2.05) is 0 Å². The van der Waals surface area contributed by atoms with Crippen LogP contribution in [0, 0.1) is 0 Å². The summed E-state index contributed by atoms with van der Waals surface area (Å²) in [4.78, 5) is 15.3.